The van der Waals surface area contributed by atoms with Crippen LogP contribution in [0.15, 0.2) is 0 Å². The van der Waals surface area contributed by atoms with Crippen molar-refractivity contribution in [1.29, 1.82) is 0 Å². The van der Waals surface area contributed by atoms with Crippen molar-refractivity contribution in [3.05, 3.63) is 0 Å². The fraction of sp³-hybridized carbons (Fsp3) is 1.00. The Balaban J connectivity index is 3.22. The molecule has 3 heteroatoms. The van der Waals surface area contributed by atoms with Crippen LogP contribution >= 0.6 is 7.37 Å². The van der Waals surface area contributed by atoms with Crippen molar-refractivity contribution < 1.29 is 9.09 Å². The highest BCUT2D eigenvalue weighted by Gasteiger charge is 2.05. The molecule has 0 saturated carbocycles. The first kappa shape index (κ1) is 11.2. The van der Waals surface area contributed by atoms with E-state index in [9.17, 15) is 4.57 Å². The minimum atomic E-state index is -2.23. The molecule has 0 rings (SSSR count). The van der Waals surface area contributed by atoms with Gasteiger partial charge in [-0.3, -0.25) is 4.57 Å². The van der Waals surface area contributed by atoms with E-state index in [1.807, 2.05) is 0 Å². The van der Waals surface area contributed by atoms with Crippen molar-refractivity contribution in [1.82, 2.24) is 0 Å². The van der Waals surface area contributed by atoms with Crippen LogP contribution in [0, 0.1) is 5.92 Å². The number of hydrogen-bond acceptors (Lipinski definition) is 2. The van der Waals surface area contributed by atoms with Gasteiger partial charge in [0.25, 0.3) is 0 Å². The molecule has 0 heterocycles. The second kappa shape index (κ2) is 4.95. The van der Waals surface area contributed by atoms with E-state index in [1.54, 1.807) is 13.3 Å². The van der Waals surface area contributed by atoms with Gasteiger partial charge in [0.2, 0.25) is 0 Å². The molecule has 68 valence electrons. The van der Waals surface area contributed by atoms with Crippen LogP contribution in [0.5, 0.6) is 0 Å². The Morgan fingerprint density at radius 3 is 2.27 bits per heavy atom. The van der Waals surface area contributed by atoms with E-state index in [2.05, 4.69) is 13.8 Å². The second-order valence-corrected chi connectivity index (χ2v) is 6.38. The Hall–Kier alpha value is 0.190. The van der Waals surface area contributed by atoms with Crippen molar-refractivity contribution in [2.45, 2.75) is 26.7 Å². The predicted molar refractivity (Wildman–Crippen MR) is 49.5 cm³/mol. The van der Waals surface area contributed by atoms with Crippen molar-refractivity contribution in [3.63, 3.8) is 0 Å². The fourth-order valence-electron chi connectivity index (χ4n) is 0.776. The fourth-order valence-corrected chi connectivity index (χ4v) is 1.34. The summed E-state index contributed by atoms with van der Waals surface area (Å²) in [5, 5.41) is 0. The summed E-state index contributed by atoms with van der Waals surface area (Å²) in [5.41, 5.74) is 0. The summed E-state index contributed by atoms with van der Waals surface area (Å²) in [5.74, 6) is 0.715. The van der Waals surface area contributed by atoms with Gasteiger partial charge < -0.3 is 4.52 Å². The molecule has 0 aromatic carbocycles. The zero-order chi connectivity index (χ0) is 8.91. The van der Waals surface area contributed by atoms with Gasteiger partial charge in [0, 0.05) is 13.3 Å². The van der Waals surface area contributed by atoms with Crippen LogP contribution in [0.3, 0.4) is 0 Å². The standard InChI is InChI=1S/C8H19O2P/c1-8(2)6-5-7-10-11(3,4)9/h8H,5-7H2,1-4H3. The maximum absolute atomic E-state index is 11.0. The highest BCUT2D eigenvalue weighted by Crippen LogP contribution is 2.37. The van der Waals surface area contributed by atoms with Crippen molar-refractivity contribution >= 4 is 7.37 Å². The highest BCUT2D eigenvalue weighted by molar-refractivity contribution is 7.57. The molecule has 0 N–H and O–H groups in total. The van der Waals surface area contributed by atoms with Crippen molar-refractivity contribution in [3.8, 4) is 0 Å². The number of hydrogen-bond donors (Lipinski definition) is 0. The van der Waals surface area contributed by atoms with Gasteiger partial charge in [-0.1, -0.05) is 13.8 Å². The average molecular weight is 178 g/mol. The van der Waals surface area contributed by atoms with Gasteiger partial charge in [0.15, 0.2) is 7.37 Å². The summed E-state index contributed by atoms with van der Waals surface area (Å²) in [7, 11) is -2.23. The Kier molecular flexibility index (Phi) is 5.03. The monoisotopic (exact) mass is 178 g/mol. The average Bonchev–Trinajstić information content (AvgIpc) is 1.78. The van der Waals surface area contributed by atoms with Crippen LogP contribution < -0.4 is 0 Å². The molecular weight excluding hydrogens is 159 g/mol. The van der Waals surface area contributed by atoms with Gasteiger partial charge in [0.05, 0.1) is 6.61 Å². The van der Waals surface area contributed by atoms with Crippen LogP contribution in [0.1, 0.15) is 26.7 Å². The lowest BCUT2D eigenvalue weighted by Crippen LogP contribution is -1.94. The molecule has 0 aliphatic carbocycles. The lowest BCUT2D eigenvalue weighted by atomic mass is 10.1. The van der Waals surface area contributed by atoms with E-state index in [-0.39, 0.29) is 0 Å². The van der Waals surface area contributed by atoms with E-state index >= 15 is 0 Å². The zero-order valence-corrected chi connectivity index (χ0v) is 8.86. The SMILES string of the molecule is CC(C)CCCOP(C)(C)=O. The Morgan fingerprint density at radius 2 is 1.91 bits per heavy atom. The molecule has 0 atom stereocenters. The molecule has 11 heavy (non-hydrogen) atoms. The topological polar surface area (TPSA) is 26.3 Å². The highest BCUT2D eigenvalue weighted by atomic mass is 31.2. The third-order valence-electron chi connectivity index (χ3n) is 1.33. The predicted octanol–water partition coefficient (Wildman–Crippen LogP) is 2.98. The Morgan fingerprint density at radius 1 is 1.36 bits per heavy atom. The van der Waals surface area contributed by atoms with Gasteiger partial charge in [-0.2, -0.15) is 0 Å². The zero-order valence-electron chi connectivity index (χ0n) is 7.96. The van der Waals surface area contributed by atoms with Crippen LogP contribution in [0.2, 0.25) is 0 Å². The van der Waals surface area contributed by atoms with Gasteiger partial charge >= 0.3 is 0 Å². The third kappa shape index (κ3) is 10.2. The molecule has 0 bridgehead atoms. The normalized spacial score (nSPS) is 12.5. The van der Waals surface area contributed by atoms with Crippen molar-refractivity contribution in [2.24, 2.45) is 5.92 Å². The third-order valence-corrected chi connectivity index (χ3v) is 2.13. The van der Waals surface area contributed by atoms with E-state index in [0.717, 1.165) is 12.8 Å². The van der Waals surface area contributed by atoms with Crippen LogP contribution in [-0.4, -0.2) is 19.9 Å². The summed E-state index contributed by atoms with van der Waals surface area (Å²) >= 11 is 0. The van der Waals surface area contributed by atoms with E-state index in [4.69, 9.17) is 4.52 Å². The summed E-state index contributed by atoms with van der Waals surface area (Å²) in [6.07, 6.45) is 2.17. The van der Waals surface area contributed by atoms with Crippen LogP contribution in [0.4, 0.5) is 0 Å². The molecule has 0 unspecified atom stereocenters. The van der Waals surface area contributed by atoms with Gasteiger partial charge in [-0.05, 0) is 18.8 Å². The Labute approximate surface area is 69.8 Å². The smallest absolute Gasteiger partial charge is 0.197 e. The van der Waals surface area contributed by atoms with Gasteiger partial charge in [0.1, 0.15) is 0 Å². The molecule has 0 fully saturated rings. The van der Waals surface area contributed by atoms with Crippen molar-refractivity contribution in [2.75, 3.05) is 19.9 Å². The summed E-state index contributed by atoms with van der Waals surface area (Å²) in [4.78, 5) is 0. The first-order valence-electron chi connectivity index (χ1n) is 4.11. The maximum atomic E-state index is 11.0. The van der Waals surface area contributed by atoms with Crippen LogP contribution in [0.25, 0.3) is 0 Å². The molecule has 0 aromatic rings. The quantitative estimate of drug-likeness (QED) is 0.478. The molecule has 2 nitrogen and oxygen atoms in total. The minimum absolute atomic E-state index is 0.641. The largest absolute Gasteiger partial charge is 0.329 e. The molecule has 0 aromatic heterocycles. The summed E-state index contributed by atoms with van der Waals surface area (Å²) in [6, 6.07) is 0. The lowest BCUT2D eigenvalue weighted by Gasteiger charge is -2.08. The molecule has 0 aliphatic heterocycles. The van der Waals surface area contributed by atoms with E-state index < -0.39 is 7.37 Å². The maximum Gasteiger partial charge on any atom is 0.197 e. The molecule has 0 amide bonds. The summed E-state index contributed by atoms with van der Waals surface area (Å²) in [6.45, 7) is 8.31. The number of rotatable bonds is 5. The molecule has 0 saturated heterocycles. The molecular formula is C8H19O2P. The van der Waals surface area contributed by atoms with Gasteiger partial charge in [-0.15, -0.1) is 0 Å². The van der Waals surface area contributed by atoms with E-state index in [0.29, 0.717) is 12.5 Å². The lowest BCUT2D eigenvalue weighted by molar-refractivity contribution is 0.301. The van der Waals surface area contributed by atoms with E-state index in [1.165, 1.54) is 0 Å². The first-order valence-corrected chi connectivity index (χ1v) is 6.63. The van der Waals surface area contributed by atoms with Crippen LogP contribution in [-0.2, 0) is 9.09 Å². The van der Waals surface area contributed by atoms with Gasteiger partial charge in [-0.25, -0.2) is 0 Å². The Bertz CT molecular complexity index is 137. The minimum Gasteiger partial charge on any atom is -0.329 e. The molecule has 0 aliphatic rings. The summed E-state index contributed by atoms with van der Waals surface area (Å²) < 4.78 is 16.2. The molecule has 0 radical (unpaired) electrons. The molecule has 0 spiro atoms. The second-order valence-electron chi connectivity index (χ2n) is 3.62. The first-order chi connectivity index (χ1) is 4.92.